The van der Waals surface area contributed by atoms with Crippen molar-refractivity contribution in [2.45, 2.75) is 30.3 Å². The fraction of sp³-hybridized carbons (Fsp3) is 0.500. The molecule has 1 N–H and O–H groups in total. The highest BCUT2D eigenvalue weighted by Crippen LogP contribution is 2.23. The van der Waals surface area contributed by atoms with Crippen molar-refractivity contribution < 1.29 is 17.2 Å². The molecule has 0 bridgehead atoms. The van der Waals surface area contributed by atoms with Crippen molar-refractivity contribution in [2.75, 3.05) is 14.1 Å². The number of halogens is 2. The number of hydrogen-bond donors (Lipinski definition) is 1. The smallest absolute Gasteiger partial charge is 0.245 e. The Morgan fingerprint density at radius 3 is 2.47 bits per heavy atom. The zero-order valence-corrected chi connectivity index (χ0v) is 11.6. The monoisotopic (exact) mass is 290 g/mol. The molecule has 0 aromatic heterocycles. The second-order valence-electron chi connectivity index (χ2n) is 4.83. The summed E-state index contributed by atoms with van der Waals surface area (Å²) in [7, 11) is -1.43. The maximum atomic E-state index is 13.6. The van der Waals surface area contributed by atoms with Gasteiger partial charge in [0.25, 0.3) is 0 Å². The van der Waals surface area contributed by atoms with Crippen LogP contribution in [0.1, 0.15) is 18.4 Å². The number of sulfonamides is 1. The van der Waals surface area contributed by atoms with Crippen LogP contribution in [-0.2, 0) is 16.6 Å². The molecule has 7 heteroatoms. The number of rotatable bonds is 5. The van der Waals surface area contributed by atoms with E-state index < -0.39 is 26.6 Å². The van der Waals surface area contributed by atoms with Gasteiger partial charge in [-0.1, -0.05) is 0 Å². The summed E-state index contributed by atoms with van der Waals surface area (Å²) in [6.07, 6.45) is 2.12. The normalized spacial score (nSPS) is 16.1. The lowest BCUT2D eigenvalue weighted by Gasteiger charge is -2.14. The number of nitrogens with one attached hydrogen (secondary N) is 1. The van der Waals surface area contributed by atoms with Gasteiger partial charge in [-0.3, -0.25) is 0 Å². The summed E-state index contributed by atoms with van der Waals surface area (Å²) < 4.78 is 51.8. The van der Waals surface area contributed by atoms with Gasteiger partial charge in [-0.2, -0.15) is 0 Å². The highest BCUT2D eigenvalue weighted by Gasteiger charge is 2.26. The Balaban J connectivity index is 2.35. The zero-order valence-electron chi connectivity index (χ0n) is 10.8. The molecule has 0 aliphatic heterocycles. The Hall–Kier alpha value is -1.05. The summed E-state index contributed by atoms with van der Waals surface area (Å²) >= 11 is 0. The van der Waals surface area contributed by atoms with Gasteiger partial charge in [0.05, 0.1) is 0 Å². The molecule has 0 amide bonds. The van der Waals surface area contributed by atoms with Crippen LogP contribution in [0.15, 0.2) is 17.0 Å². The molecule has 0 heterocycles. The molecule has 1 saturated carbocycles. The molecule has 1 aromatic carbocycles. The van der Waals surface area contributed by atoms with Crippen LogP contribution in [0.25, 0.3) is 0 Å². The molecule has 0 radical (unpaired) electrons. The van der Waals surface area contributed by atoms with Gasteiger partial charge in [-0.25, -0.2) is 21.5 Å². The minimum Gasteiger partial charge on any atom is -0.310 e. The quantitative estimate of drug-likeness (QED) is 0.893. The van der Waals surface area contributed by atoms with E-state index in [0.717, 1.165) is 23.2 Å². The second kappa shape index (κ2) is 5.15. The maximum Gasteiger partial charge on any atom is 0.245 e. The third kappa shape index (κ3) is 3.10. The van der Waals surface area contributed by atoms with Crippen LogP contribution in [0.2, 0.25) is 0 Å². The van der Waals surface area contributed by atoms with Gasteiger partial charge in [0.2, 0.25) is 10.0 Å². The average molecular weight is 290 g/mol. The third-order valence-electron chi connectivity index (χ3n) is 2.99. The van der Waals surface area contributed by atoms with Crippen molar-refractivity contribution in [3.05, 3.63) is 29.3 Å². The Morgan fingerprint density at radius 2 is 1.95 bits per heavy atom. The molecule has 1 fully saturated rings. The number of nitrogens with zero attached hydrogens (tertiary/aromatic N) is 1. The van der Waals surface area contributed by atoms with Crippen LogP contribution < -0.4 is 5.32 Å². The second-order valence-corrected chi connectivity index (χ2v) is 6.95. The molecular formula is C12H16F2N2O2S. The molecule has 1 aromatic rings. The minimum atomic E-state index is -3.98. The predicted molar refractivity (Wildman–Crippen MR) is 67.1 cm³/mol. The topological polar surface area (TPSA) is 49.4 Å². The highest BCUT2D eigenvalue weighted by atomic mass is 32.2. The van der Waals surface area contributed by atoms with Gasteiger partial charge in [0, 0.05) is 26.7 Å². The lowest BCUT2D eigenvalue weighted by Crippen LogP contribution is -2.24. The van der Waals surface area contributed by atoms with Crippen molar-refractivity contribution in [1.82, 2.24) is 9.62 Å². The molecule has 0 unspecified atom stereocenters. The van der Waals surface area contributed by atoms with Gasteiger partial charge < -0.3 is 5.32 Å². The summed E-state index contributed by atoms with van der Waals surface area (Å²) in [6.45, 7) is 0.331. The molecule has 106 valence electrons. The number of hydrogen-bond acceptors (Lipinski definition) is 3. The van der Waals surface area contributed by atoms with E-state index in [1.165, 1.54) is 20.2 Å². The Kier molecular flexibility index (Phi) is 3.89. The lowest BCUT2D eigenvalue weighted by molar-refractivity contribution is 0.469. The fourth-order valence-electron chi connectivity index (χ4n) is 1.65. The van der Waals surface area contributed by atoms with Gasteiger partial charge >= 0.3 is 0 Å². The van der Waals surface area contributed by atoms with Crippen LogP contribution in [0.3, 0.4) is 0 Å². The van der Waals surface area contributed by atoms with E-state index in [0.29, 0.717) is 18.2 Å². The van der Waals surface area contributed by atoms with E-state index in [9.17, 15) is 17.2 Å². The van der Waals surface area contributed by atoms with Crippen molar-refractivity contribution in [3.63, 3.8) is 0 Å². The van der Waals surface area contributed by atoms with Gasteiger partial charge in [0.15, 0.2) is 11.6 Å². The number of benzene rings is 1. The van der Waals surface area contributed by atoms with E-state index in [1.807, 2.05) is 0 Å². The minimum absolute atomic E-state index is 0.331. The third-order valence-corrected chi connectivity index (χ3v) is 4.80. The van der Waals surface area contributed by atoms with E-state index in [1.54, 1.807) is 0 Å². The Labute approximate surface area is 111 Å². The van der Waals surface area contributed by atoms with Crippen molar-refractivity contribution >= 4 is 10.0 Å². The van der Waals surface area contributed by atoms with Gasteiger partial charge in [0.1, 0.15) is 4.90 Å². The standard InChI is InChI=1S/C12H16F2N2O2S/c1-16(2)19(17,18)11-6-8(5-10(13)12(11)14)7-15-9-3-4-9/h5-6,9,15H,3-4,7H2,1-2H3. The molecule has 1 aliphatic rings. The molecule has 0 spiro atoms. The fourth-order valence-corrected chi connectivity index (χ4v) is 2.67. The first-order valence-corrected chi connectivity index (χ1v) is 7.40. The molecule has 4 nitrogen and oxygen atoms in total. The van der Waals surface area contributed by atoms with Crippen LogP contribution in [-0.4, -0.2) is 32.9 Å². The van der Waals surface area contributed by atoms with Crippen LogP contribution in [0.5, 0.6) is 0 Å². The Bertz CT molecular complexity index is 584. The summed E-state index contributed by atoms with van der Waals surface area (Å²) in [5, 5.41) is 3.13. The zero-order chi connectivity index (χ0) is 14.2. The van der Waals surface area contributed by atoms with Crippen molar-refractivity contribution in [1.29, 1.82) is 0 Å². The van der Waals surface area contributed by atoms with Gasteiger partial charge in [-0.15, -0.1) is 0 Å². The van der Waals surface area contributed by atoms with Crippen LogP contribution in [0.4, 0.5) is 8.78 Å². The largest absolute Gasteiger partial charge is 0.310 e. The first kappa shape index (κ1) is 14.4. The summed E-state index contributed by atoms with van der Waals surface area (Å²) in [5.74, 6) is -2.47. The average Bonchev–Trinajstić information content (AvgIpc) is 3.14. The Morgan fingerprint density at radius 1 is 1.32 bits per heavy atom. The molecule has 0 atom stereocenters. The highest BCUT2D eigenvalue weighted by molar-refractivity contribution is 7.89. The van der Waals surface area contributed by atoms with Gasteiger partial charge in [-0.05, 0) is 30.5 Å². The van der Waals surface area contributed by atoms with E-state index in [-0.39, 0.29) is 0 Å². The SMILES string of the molecule is CN(C)S(=O)(=O)c1cc(CNC2CC2)cc(F)c1F. The molecule has 2 rings (SSSR count). The first-order valence-electron chi connectivity index (χ1n) is 5.96. The summed E-state index contributed by atoms with van der Waals surface area (Å²) in [5.41, 5.74) is 0.422. The predicted octanol–water partition coefficient (Wildman–Crippen LogP) is 1.47. The van der Waals surface area contributed by atoms with Crippen molar-refractivity contribution in [2.24, 2.45) is 0 Å². The van der Waals surface area contributed by atoms with E-state index in [2.05, 4.69) is 5.32 Å². The molecule has 0 saturated heterocycles. The summed E-state index contributed by atoms with van der Waals surface area (Å²) in [6, 6.07) is 2.62. The maximum absolute atomic E-state index is 13.6. The van der Waals surface area contributed by atoms with Crippen LogP contribution >= 0.6 is 0 Å². The van der Waals surface area contributed by atoms with E-state index >= 15 is 0 Å². The molecular weight excluding hydrogens is 274 g/mol. The lowest BCUT2D eigenvalue weighted by atomic mass is 10.2. The van der Waals surface area contributed by atoms with Crippen LogP contribution in [0, 0.1) is 11.6 Å². The van der Waals surface area contributed by atoms with E-state index in [4.69, 9.17) is 0 Å². The molecule has 1 aliphatic carbocycles. The first-order chi connectivity index (χ1) is 8.82. The summed E-state index contributed by atoms with van der Waals surface area (Å²) in [4.78, 5) is -0.620. The van der Waals surface area contributed by atoms with Crippen molar-refractivity contribution in [3.8, 4) is 0 Å². The molecule has 19 heavy (non-hydrogen) atoms.